The minimum Gasteiger partial charge on any atom is -0.451 e. The van der Waals surface area contributed by atoms with Gasteiger partial charge in [0.25, 0.3) is 5.91 Å². The lowest BCUT2D eigenvalue weighted by Crippen LogP contribution is -2.35. The lowest BCUT2D eigenvalue weighted by atomic mass is 10.3. The lowest BCUT2D eigenvalue weighted by molar-refractivity contribution is -0.133. The average molecular weight is 282 g/mol. The third-order valence-electron chi connectivity index (χ3n) is 2.45. The van der Waals surface area contributed by atoms with E-state index in [1.807, 2.05) is 13.8 Å². The van der Waals surface area contributed by atoms with Gasteiger partial charge in [-0.15, -0.1) is 11.3 Å². The maximum absolute atomic E-state index is 11.9. The predicted octanol–water partition coefficient (Wildman–Crippen LogP) is 2.03. The maximum atomic E-state index is 11.9. The Labute approximate surface area is 116 Å². The molecule has 0 aliphatic heterocycles. The van der Waals surface area contributed by atoms with Gasteiger partial charge in [0.1, 0.15) is 4.88 Å². The van der Waals surface area contributed by atoms with Crippen LogP contribution in [0.2, 0.25) is 0 Å². The fourth-order valence-corrected chi connectivity index (χ4v) is 2.18. The van der Waals surface area contributed by atoms with Crippen molar-refractivity contribution in [2.75, 3.05) is 19.7 Å². The van der Waals surface area contributed by atoms with Crippen molar-refractivity contribution in [2.45, 2.75) is 20.8 Å². The van der Waals surface area contributed by atoms with Crippen LogP contribution in [0, 0.1) is 6.92 Å². The molecule has 0 saturated heterocycles. The van der Waals surface area contributed by atoms with Crippen molar-refractivity contribution in [2.24, 2.45) is 0 Å². The number of carbonyl (C=O) groups excluding carboxylic acids is 2. The molecule has 5 nitrogen and oxygen atoms in total. The number of ether oxygens (including phenoxy) is 1. The molecule has 0 fully saturated rings. The minimum absolute atomic E-state index is 0.221. The van der Waals surface area contributed by atoms with E-state index in [4.69, 9.17) is 4.74 Å². The average Bonchev–Trinajstić information content (AvgIpc) is 2.78. The van der Waals surface area contributed by atoms with E-state index in [2.05, 4.69) is 11.6 Å². The zero-order valence-corrected chi connectivity index (χ0v) is 12.2. The number of nitrogens with zero attached hydrogens (tertiary/aromatic N) is 2. The van der Waals surface area contributed by atoms with E-state index in [-0.39, 0.29) is 12.5 Å². The molecular formula is C13H18N2O3S. The Morgan fingerprint density at radius 2 is 2.21 bits per heavy atom. The van der Waals surface area contributed by atoms with E-state index in [0.29, 0.717) is 23.7 Å². The van der Waals surface area contributed by atoms with E-state index >= 15 is 0 Å². The molecule has 0 atom stereocenters. The fourth-order valence-electron chi connectivity index (χ4n) is 1.48. The molecule has 0 bridgehead atoms. The molecule has 0 aliphatic carbocycles. The Hall–Kier alpha value is -1.69. The smallest absolute Gasteiger partial charge is 0.350 e. The van der Waals surface area contributed by atoms with Gasteiger partial charge in [0.2, 0.25) is 0 Å². The fraction of sp³-hybridized carbons (Fsp3) is 0.462. The number of esters is 1. The zero-order chi connectivity index (χ0) is 14.4. The van der Waals surface area contributed by atoms with Gasteiger partial charge in [-0.1, -0.05) is 12.2 Å². The lowest BCUT2D eigenvalue weighted by Gasteiger charge is -2.20. The second-order valence-corrected chi connectivity index (χ2v) is 5.06. The Morgan fingerprint density at radius 3 is 2.68 bits per heavy atom. The number of likely N-dealkylation sites (N-methyl/N-ethyl adjacent to an activating group) is 1. The molecule has 104 valence electrons. The standard InChI is InChI=1S/C13H18N2O3S/c1-5-15(6-9(2)3)11(16)7-18-13(17)12-10(4)14-8-19-12/h8H,2,5-7H2,1,3-4H3. The van der Waals surface area contributed by atoms with Crippen molar-refractivity contribution in [3.8, 4) is 0 Å². The number of hydrogen-bond donors (Lipinski definition) is 0. The molecule has 19 heavy (non-hydrogen) atoms. The molecule has 1 aromatic heterocycles. The number of hydrogen-bond acceptors (Lipinski definition) is 5. The molecular weight excluding hydrogens is 264 g/mol. The monoisotopic (exact) mass is 282 g/mol. The van der Waals surface area contributed by atoms with Crippen LogP contribution in [-0.2, 0) is 9.53 Å². The van der Waals surface area contributed by atoms with Crippen LogP contribution in [0.5, 0.6) is 0 Å². The third kappa shape index (κ3) is 4.48. The van der Waals surface area contributed by atoms with Crippen LogP contribution in [0.25, 0.3) is 0 Å². The van der Waals surface area contributed by atoms with Gasteiger partial charge in [-0.3, -0.25) is 4.79 Å². The van der Waals surface area contributed by atoms with Gasteiger partial charge in [-0.25, -0.2) is 9.78 Å². The summed E-state index contributed by atoms with van der Waals surface area (Å²) in [6.07, 6.45) is 0. The van der Waals surface area contributed by atoms with Gasteiger partial charge in [0.15, 0.2) is 6.61 Å². The summed E-state index contributed by atoms with van der Waals surface area (Å²) in [5.74, 6) is -0.722. The molecule has 1 heterocycles. The van der Waals surface area contributed by atoms with Gasteiger partial charge in [-0.05, 0) is 20.8 Å². The Balaban J connectivity index is 2.52. The number of carbonyl (C=O) groups is 2. The number of aryl methyl sites for hydroxylation is 1. The van der Waals surface area contributed by atoms with Gasteiger partial charge in [0, 0.05) is 13.1 Å². The number of thiazole rings is 1. The summed E-state index contributed by atoms with van der Waals surface area (Å²) in [5, 5.41) is 0. The summed E-state index contributed by atoms with van der Waals surface area (Å²) < 4.78 is 5.00. The Bertz CT molecular complexity index is 482. The molecule has 0 saturated carbocycles. The van der Waals surface area contributed by atoms with E-state index in [9.17, 15) is 9.59 Å². The second kappa shape index (κ2) is 7.04. The van der Waals surface area contributed by atoms with Gasteiger partial charge in [-0.2, -0.15) is 0 Å². The number of aromatic nitrogens is 1. The van der Waals surface area contributed by atoms with E-state index in [0.717, 1.165) is 5.57 Å². The number of rotatable bonds is 6. The highest BCUT2D eigenvalue weighted by Crippen LogP contribution is 2.13. The highest BCUT2D eigenvalue weighted by molar-refractivity contribution is 7.11. The van der Waals surface area contributed by atoms with E-state index < -0.39 is 5.97 Å². The van der Waals surface area contributed by atoms with Crippen LogP contribution < -0.4 is 0 Å². The topological polar surface area (TPSA) is 59.5 Å². The molecule has 0 aromatic carbocycles. The summed E-state index contributed by atoms with van der Waals surface area (Å²) >= 11 is 1.21. The van der Waals surface area contributed by atoms with Crippen LogP contribution in [0.1, 0.15) is 29.2 Å². The minimum atomic E-state index is -0.500. The van der Waals surface area contributed by atoms with Crippen molar-refractivity contribution < 1.29 is 14.3 Å². The first kappa shape index (κ1) is 15.4. The van der Waals surface area contributed by atoms with Crippen LogP contribution >= 0.6 is 11.3 Å². The summed E-state index contributed by atoms with van der Waals surface area (Å²) in [4.78, 5) is 29.6. The largest absolute Gasteiger partial charge is 0.451 e. The number of amides is 1. The first-order valence-electron chi connectivity index (χ1n) is 5.95. The predicted molar refractivity (Wildman–Crippen MR) is 74.2 cm³/mol. The van der Waals surface area contributed by atoms with E-state index in [1.165, 1.54) is 11.3 Å². The SMILES string of the molecule is C=C(C)CN(CC)C(=O)COC(=O)c1scnc1C. The molecule has 0 radical (unpaired) electrons. The quantitative estimate of drug-likeness (QED) is 0.592. The molecule has 0 unspecified atom stereocenters. The highest BCUT2D eigenvalue weighted by Gasteiger charge is 2.17. The van der Waals surface area contributed by atoms with Gasteiger partial charge >= 0.3 is 5.97 Å². The molecule has 6 heteroatoms. The maximum Gasteiger partial charge on any atom is 0.350 e. The first-order valence-corrected chi connectivity index (χ1v) is 6.83. The van der Waals surface area contributed by atoms with Crippen LogP contribution in [0.4, 0.5) is 0 Å². The molecule has 0 spiro atoms. The third-order valence-corrected chi connectivity index (χ3v) is 3.36. The summed E-state index contributed by atoms with van der Waals surface area (Å²) in [7, 11) is 0. The summed E-state index contributed by atoms with van der Waals surface area (Å²) in [5.41, 5.74) is 3.09. The summed E-state index contributed by atoms with van der Waals surface area (Å²) in [6, 6.07) is 0. The van der Waals surface area contributed by atoms with Gasteiger partial charge < -0.3 is 9.64 Å². The molecule has 1 aromatic rings. The molecule has 0 aliphatic rings. The van der Waals surface area contributed by atoms with Crippen molar-refractivity contribution in [1.29, 1.82) is 0 Å². The Kier molecular flexibility index (Phi) is 5.69. The van der Waals surface area contributed by atoms with Crippen molar-refractivity contribution in [1.82, 2.24) is 9.88 Å². The Morgan fingerprint density at radius 1 is 1.53 bits per heavy atom. The van der Waals surface area contributed by atoms with Gasteiger partial charge in [0.05, 0.1) is 11.2 Å². The van der Waals surface area contributed by atoms with Crippen LogP contribution in [-0.4, -0.2) is 41.5 Å². The molecule has 1 rings (SSSR count). The highest BCUT2D eigenvalue weighted by atomic mass is 32.1. The normalized spacial score (nSPS) is 10.1. The first-order chi connectivity index (χ1) is 8.95. The summed E-state index contributed by atoms with van der Waals surface area (Å²) in [6.45, 7) is 10.0. The van der Waals surface area contributed by atoms with Crippen molar-refractivity contribution in [3.05, 3.63) is 28.2 Å². The zero-order valence-electron chi connectivity index (χ0n) is 11.4. The molecule has 1 amide bonds. The van der Waals surface area contributed by atoms with Crippen LogP contribution in [0.3, 0.4) is 0 Å². The molecule has 0 N–H and O–H groups in total. The van der Waals surface area contributed by atoms with E-state index in [1.54, 1.807) is 17.3 Å². The van der Waals surface area contributed by atoms with Crippen molar-refractivity contribution in [3.63, 3.8) is 0 Å². The van der Waals surface area contributed by atoms with Crippen molar-refractivity contribution >= 4 is 23.2 Å². The van der Waals surface area contributed by atoms with Crippen LogP contribution in [0.15, 0.2) is 17.7 Å². The second-order valence-electron chi connectivity index (χ2n) is 4.21.